The predicted molar refractivity (Wildman–Crippen MR) is 109 cm³/mol. The Morgan fingerprint density at radius 3 is 2.43 bits per heavy atom. The standard InChI is InChI=1S/C22H20FNO5S/c1-28-21-11-10-17(12-20(21)23)15-29-22(25)18-8-5-9-19(13-18)30(26,27)24-14-16-6-3-2-4-7-16/h2-13,24H,14-15H2,1H3. The molecule has 0 saturated carbocycles. The van der Waals surface area contributed by atoms with Crippen molar-refractivity contribution < 1.29 is 27.1 Å². The maximum absolute atomic E-state index is 13.7. The number of sulfonamides is 1. The molecule has 0 aliphatic carbocycles. The molecule has 0 aliphatic heterocycles. The van der Waals surface area contributed by atoms with Gasteiger partial charge in [0.2, 0.25) is 10.0 Å². The molecule has 3 aromatic carbocycles. The van der Waals surface area contributed by atoms with Gasteiger partial charge in [-0.3, -0.25) is 0 Å². The summed E-state index contributed by atoms with van der Waals surface area (Å²) >= 11 is 0. The molecule has 0 radical (unpaired) electrons. The number of carbonyl (C=O) groups excluding carboxylic acids is 1. The van der Waals surface area contributed by atoms with Gasteiger partial charge < -0.3 is 9.47 Å². The molecule has 0 fully saturated rings. The molecule has 0 atom stereocenters. The van der Waals surface area contributed by atoms with E-state index in [9.17, 15) is 17.6 Å². The van der Waals surface area contributed by atoms with E-state index in [1.165, 1.54) is 43.5 Å². The summed E-state index contributed by atoms with van der Waals surface area (Å²) in [5.41, 5.74) is 1.32. The molecule has 3 rings (SSSR count). The van der Waals surface area contributed by atoms with E-state index < -0.39 is 21.8 Å². The molecule has 6 nitrogen and oxygen atoms in total. The van der Waals surface area contributed by atoms with Crippen molar-refractivity contribution in [1.29, 1.82) is 0 Å². The number of hydrogen-bond donors (Lipinski definition) is 1. The lowest BCUT2D eigenvalue weighted by Crippen LogP contribution is -2.23. The van der Waals surface area contributed by atoms with E-state index in [2.05, 4.69) is 4.72 Å². The largest absolute Gasteiger partial charge is 0.494 e. The minimum Gasteiger partial charge on any atom is -0.494 e. The number of nitrogens with one attached hydrogen (secondary N) is 1. The van der Waals surface area contributed by atoms with Gasteiger partial charge in [-0.2, -0.15) is 0 Å². The molecular formula is C22H20FNO5S. The fourth-order valence-corrected chi connectivity index (χ4v) is 3.74. The van der Waals surface area contributed by atoms with Crippen molar-refractivity contribution >= 4 is 16.0 Å². The van der Waals surface area contributed by atoms with Crippen LogP contribution in [0.15, 0.2) is 77.7 Å². The number of methoxy groups -OCH3 is 1. The zero-order chi connectivity index (χ0) is 21.6. The molecule has 0 spiro atoms. The van der Waals surface area contributed by atoms with Gasteiger partial charge >= 0.3 is 5.97 Å². The number of ether oxygens (including phenoxy) is 2. The SMILES string of the molecule is COc1ccc(COC(=O)c2cccc(S(=O)(=O)NCc3ccccc3)c2)cc1F. The Balaban J connectivity index is 1.66. The van der Waals surface area contributed by atoms with Crippen LogP contribution in [0, 0.1) is 5.82 Å². The number of halogens is 1. The minimum absolute atomic E-state index is 0.0524. The highest BCUT2D eigenvalue weighted by Gasteiger charge is 2.17. The molecule has 0 saturated heterocycles. The smallest absolute Gasteiger partial charge is 0.338 e. The zero-order valence-electron chi connectivity index (χ0n) is 16.2. The number of esters is 1. The molecule has 0 bridgehead atoms. The summed E-state index contributed by atoms with van der Waals surface area (Å²) in [4.78, 5) is 12.3. The summed E-state index contributed by atoms with van der Waals surface area (Å²) in [6.07, 6.45) is 0. The van der Waals surface area contributed by atoms with Crippen LogP contribution in [0.25, 0.3) is 0 Å². The normalized spacial score (nSPS) is 11.1. The van der Waals surface area contributed by atoms with Crippen LogP contribution in [0.3, 0.4) is 0 Å². The van der Waals surface area contributed by atoms with E-state index in [0.29, 0.717) is 5.56 Å². The first-order valence-corrected chi connectivity index (χ1v) is 10.5. The van der Waals surface area contributed by atoms with Crippen molar-refractivity contribution in [1.82, 2.24) is 4.72 Å². The summed E-state index contributed by atoms with van der Waals surface area (Å²) in [5, 5.41) is 0. The fraction of sp³-hybridized carbons (Fsp3) is 0.136. The highest BCUT2D eigenvalue weighted by molar-refractivity contribution is 7.89. The lowest BCUT2D eigenvalue weighted by atomic mass is 10.2. The Labute approximate surface area is 174 Å². The van der Waals surface area contributed by atoms with Crippen molar-refractivity contribution in [2.45, 2.75) is 18.0 Å². The zero-order valence-corrected chi connectivity index (χ0v) is 17.0. The average Bonchev–Trinajstić information content (AvgIpc) is 2.77. The first-order valence-electron chi connectivity index (χ1n) is 9.02. The van der Waals surface area contributed by atoms with E-state index >= 15 is 0 Å². The van der Waals surface area contributed by atoms with Crippen LogP contribution in [0.4, 0.5) is 4.39 Å². The van der Waals surface area contributed by atoms with Crippen LogP contribution >= 0.6 is 0 Å². The van der Waals surface area contributed by atoms with Gasteiger partial charge in [-0.25, -0.2) is 22.3 Å². The fourth-order valence-electron chi connectivity index (χ4n) is 2.68. The topological polar surface area (TPSA) is 81.7 Å². The minimum atomic E-state index is -3.82. The summed E-state index contributed by atoms with van der Waals surface area (Å²) in [7, 11) is -2.46. The van der Waals surface area contributed by atoms with E-state index in [4.69, 9.17) is 9.47 Å². The van der Waals surface area contributed by atoms with Crippen LogP contribution in [-0.4, -0.2) is 21.5 Å². The third kappa shape index (κ3) is 5.43. The maximum atomic E-state index is 13.7. The summed E-state index contributed by atoms with van der Waals surface area (Å²) in [6, 6.07) is 18.8. The van der Waals surface area contributed by atoms with E-state index in [1.807, 2.05) is 18.2 Å². The Kier molecular flexibility index (Phi) is 6.81. The van der Waals surface area contributed by atoms with Crippen molar-refractivity contribution in [3.8, 4) is 5.75 Å². The van der Waals surface area contributed by atoms with Gasteiger partial charge in [-0.1, -0.05) is 42.5 Å². The van der Waals surface area contributed by atoms with E-state index in [-0.39, 0.29) is 29.4 Å². The summed E-state index contributed by atoms with van der Waals surface area (Å²) in [6.45, 7) is -0.0378. The van der Waals surface area contributed by atoms with Gasteiger partial charge in [-0.15, -0.1) is 0 Å². The average molecular weight is 429 g/mol. The molecule has 0 heterocycles. The maximum Gasteiger partial charge on any atom is 0.338 e. The molecule has 0 aromatic heterocycles. The van der Waals surface area contributed by atoms with Crippen LogP contribution in [0.2, 0.25) is 0 Å². The Morgan fingerprint density at radius 1 is 0.967 bits per heavy atom. The third-order valence-electron chi connectivity index (χ3n) is 4.28. The Morgan fingerprint density at radius 2 is 1.73 bits per heavy atom. The predicted octanol–water partition coefficient (Wildman–Crippen LogP) is 3.67. The molecule has 3 aromatic rings. The molecule has 0 unspecified atom stereocenters. The lowest BCUT2D eigenvalue weighted by molar-refractivity contribution is 0.0472. The number of carbonyl (C=O) groups is 1. The van der Waals surface area contributed by atoms with Crippen LogP contribution < -0.4 is 9.46 Å². The van der Waals surface area contributed by atoms with Crippen LogP contribution in [0.5, 0.6) is 5.75 Å². The van der Waals surface area contributed by atoms with Gasteiger partial charge in [0.1, 0.15) is 6.61 Å². The first kappa shape index (κ1) is 21.5. The van der Waals surface area contributed by atoms with Gasteiger partial charge in [0, 0.05) is 6.54 Å². The van der Waals surface area contributed by atoms with E-state index in [0.717, 1.165) is 5.56 Å². The van der Waals surface area contributed by atoms with Crippen molar-refractivity contribution in [3.05, 3.63) is 95.3 Å². The highest BCUT2D eigenvalue weighted by atomic mass is 32.2. The number of hydrogen-bond acceptors (Lipinski definition) is 5. The highest BCUT2D eigenvalue weighted by Crippen LogP contribution is 2.19. The second-order valence-electron chi connectivity index (χ2n) is 6.38. The lowest BCUT2D eigenvalue weighted by Gasteiger charge is -2.09. The third-order valence-corrected chi connectivity index (χ3v) is 5.67. The van der Waals surface area contributed by atoms with Crippen LogP contribution in [-0.2, 0) is 27.9 Å². The monoisotopic (exact) mass is 429 g/mol. The summed E-state index contributed by atoms with van der Waals surface area (Å²) < 4.78 is 51.3. The Hall–Kier alpha value is -3.23. The molecule has 156 valence electrons. The second-order valence-corrected chi connectivity index (χ2v) is 8.15. The molecule has 0 aliphatic rings. The molecule has 0 amide bonds. The molecule has 1 N–H and O–H groups in total. The van der Waals surface area contributed by atoms with Crippen molar-refractivity contribution in [2.75, 3.05) is 7.11 Å². The number of rotatable bonds is 8. The van der Waals surface area contributed by atoms with Crippen LogP contribution in [0.1, 0.15) is 21.5 Å². The van der Waals surface area contributed by atoms with Crippen molar-refractivity contribution in [3.63, 3.8) is 0 Å². The summed E-state index contributed by atoms with van der Waals surface area (Å²) in [5.74, 6) is -1.19. The Bertz CT molecular complexity index is 1130. The molecule has 8 heteroatoms. The van der Waals surface area contributed by atoms with Gasteiger partial charge in [0.05, 0.1) is 17.6 Å². The van der Waals surface area contributed by atoms with Crippen molar-refractivity contribution in [2.24, 2.45) is 0 Å². The first-order chi connectivity index (χ1) is 14.4. The van der Waals surface area contributed by atoms with Gasteiger partial charge in [0.25, 0.3) is 0 Å². The quantitative estimate of drug-likeness (QED) is 0.553. The molecular weight excluding hydrogens is 409 g/mol. The second kappa shape index (κ2) is 9.51. The van der Waals surface area contributed by atoms with Gasteiger partial charge in [-0.05, 0) is 41.5 Å². The van der Waals surface area contributed by atoms with E-state index in [1.54, 1.807) is 18.2 Å². The van der Waals surface area contributed by atoms with Gasteiger partial charge in [0.15, 0.2) is 11.6 Å². The number of benzene rings is 3. The molecule has 30 heavy (non-hydrogen) atoms.